The van der Waals surface area contributed by atoms with Crippen LogP contribution in [0.15, 0.2) is 34.4 Å². The number of nitrogens with two attached hydrogens (primary N) is 1. The van der Waals surface area contributed by atoms with E-state index in [-0.39, 0.29) is 0 Å². The van der Waals surface area contributed by atoms with Crippen LogP contribution in [0.2, 0.25) is 0 Å². The van der Waals surface area contributed by atoms with E-state index < -0.39 is 0 Å². The van der Waals surface area contributed by atoms with E-state index in [2.05, 4.69) is 29.0 Å². The number of pyridine rings is 1. The van der Waals surface area contributed by atoms with Gasteiger partial charge in [0.25, 0.3) is 0 Å². The molecule has 0 saturated heterocycles. The molecular formula is C14H18N4S. The Labute approximate surface area is 117 Å². The summed E-state index contributed by atoms with van der Waals surface area (Å²) in [4.78, 5) is 4.30. The van der Waals surface area contributed by atoms with Crippen molar-refractivity contribution >= 4 is 11.8 Å². The number of nitrogens with zero attached hydrogens (tertiary/aromatic N) is 3. The Morgan fingerprint density at radius 3 is 2.53 bits per heavy atom. The second kappa shape index (κ2) is 6.63. The molecule has 2 rings (SSSR count). The van der Waals surface area contributed by atoms with Crippen LogP contribution in [0.1, 0.15) is 30.7 Å². The van der Waals surface area contributed by atoms with Crippen LogP contribution in [-0.4, -0.2) is 15.2 Å². The number of hydrogen-bond donors (Lipinski definition) is 1. The van der Waals surface area contributed by atoms with Crippen LogP contribution in [0.25, 0.3) is 0 Å². The lowest BCUT2D eigenvalue weighted by molar-refractivity contribution is 0.781. The van der Waals surface area contributed by atoms with Gasteiger partial charge in [0, 0.05) is 18.3 Å². The summed E-state index contributed by atoms with van der Waals surface area (Å²) in [6, 6.07) is 5.83. The van der Waals surface area contributed by atoms with Crippen molar-refractivity contribution in [2.45, 2.75) is 43.3 Å². The van der Waals surface area contributed by atoms with Gasteiger partial charge in [-0.05, 0) is 42.3 Å². The van der Waals surface area contributed by atoms with E-state index in [4.69, 9.17) is 5.73 Å². The van der Waals surface area contributed by atoms with Gasteiger partial charge < -0.3 is 5.73 Å². The molecule has 0 atom stereocenters. The first-order valence-corrected chi connectivity index (χ1v) is 7.28. The van der Waals surface area contributed by atoms with Gasteiger partial charge in [-0.3, -0.25) is 0 Å². The molecule has 2 N–H and O–H groups in total. The maximum Gasteiger partial charge on any atom is 0.130 e. The molecule has 0 saturated carbocycles. The predicted molar refractivity (Wildman–Crippen MR) is 77.0 cm³/mol. The maximum atomic E-state index is 5.90. The third kappa shape index (κ3) is 3.11. The fraction of sp³-hybridized carbons (Fsp3) is 0.357. The lowest BCUT2D eigenvalue weighted by Gasteiger charge is -2.13. The highest BCUT2D eigenvalue weighted by atomic mass is 32.2. The molecule has 0 amide bonds. The van der Waals surface area contributed by atoms with Crippen molar-refractivity contribution in [1.82, 2.24) is 15.2 Å². The van der Waals surface area contributed by atoms with Crippen LogP contribution in [0, 0.1) is 0 Å². The van der Waals surface area contributed by atoms with E-state index in [9.17, 15) is 0 Å². The minimum atomic E-state index is 0.487. The predicted octanol–water partition coefficient (Wildman–Crippen LogP) is 2.61. The fourth-order valence-corrected chi connectivity index (χ4v) is 2.90. The molecule has 0 aliphatic carbocycles. The maximum absolute atomic E-state index is 5.90. The third-order valence-electron chi connectivity index (χ3n) is 2.96. The van der Waals surface area contributed by atoms with Gasteiger partial charge in [-0.15, -0.1) is 5.10 Å². The van der Waals surface area contributed by atoms with Crippen molar-refractivity contribution in [2.24, 2.45) is 5.73 Å². The molecule has 0 bridgehead atoms. The van der Waals surface area contributed by atoms with Gasteiger partial charge in [-0.25, -0.2) is 4.98 Å². The first kappa shape index (κ1) is 14.0. The summed E-state index contributed by atoms with van der Waals surface area (Å²) in [6.07, 6.45) is 3.59. The zero-order chi connectivity index (χ0) is 13.7. The van der Waals surface area contributed by atoms with Gasteiger partial charge in [0.2, 0.25) is 0 Å². The molecule has 0 radical (unpaired) electrons. The quantitative estimate of drug-likeness (QED) is 0.908. The van der Waals surface area contributed by atoms with Crippen LogP contribution in [0.4, 0.5) is 0 Å². The second-order valence-electron chi connectivity index (χ2n) is 4.09. The van der Waals surface area contributed by atoms with Gasteiger partial charge in [0.15, 0.2) is 0 Å². The van der Waals surface area contributed by atoms with Gasteiger partial charge >= 0.3 is 0 Å². The minimum Gasteiger partial charge on any atom is -0.326 e. The highest BCUT2D eigenvalue weighted by Crippen LogP contribution is 2.29. The summed E-state index contributed by atoms with van der Waals surface area (Å²) in [5.41, 5.74) is 9.29. The van der Waals surface area contributed by atoms with E-state index in [1.165, 1.54) is 17.3 Å². The minimum absolute atomic E-state index is 0.487. The molecule has 0 spiro atoms. The van der Waals surface area contributed by atoms with Crippen molar-refractivity contribution in [3.05, 3.63) is 41.2 Å². The zero-order valence-corrected chi connectivity index (χ0v) is 12.1. The van der Waals surface area contributed by atoms with E-state index in [1.54, 1.807) is 6.20 Å². The molecule has 0 aromatic carbocycles. The summed E-state index contributed by atoms with van der Waals surface area (Å²) in [7, 11) is 0. The van der Waals surface area contributed by atoms with Gasteiger partial charge in [-0.1, -0.05) is 19.9 Å². The summed E-state index contributed by atoms with van der Waals surface area (Å²) in [5, 5.41) is 10.4. The molecule has 0 unspecified atom stereocenters. The molecular weight excluding hydrogens is 256 g/mol. The van der Waals surface area contributed by atoms with E-state index in [1.807, 2.05) is 18.2 Å². The molecule has 2 aromatic rings. The Bertz CT molecular complexity index is 543. The van der Waals surface area contributed by atoms with Crippen LogP contribution in [-0.2, 0) is 19.4 Å². The molecule has 0 aliphatic heterocycles. The van der Waals surface area contributed by atoms with E-state index in [0.29, 0.717) is 6.54 Å². The van der Waals surface area contributed by atoms with Crippen molar-refractivity contribution in [2.75, 3.05) is 0 Å². The normalized spacial score (nSPS) is 10.7. The van der Waals surface area contributed by atoms with Crippen molar-refractivity contribution in [3.63, 3.8) is 0 Å². The topological polar surface area (TPSA) is 64.7 Å². The van der Waals surface area contributed by atoms with E-state index in [0.717, 1.165) is 34.2 Å². The average molecular weight is 274 g/mol. The monoisotopic (exact) mass is 274 g/mol. The molecule has 2 heterocycles. The standard InChI is InChI=1S/C14H18N4S/c1-3-10-11(9-15)14(18-17-12(10)4-2)19-13-7-5-6-8-16-13/h5-8H,3-4,9,15H2,1-2H3. The van der Waals surface area contributed by atoms with Crippen LogP contribution >= 0.6 is 11.8 Å². The zero-order valence-electron chi connectivity index (χ0n) is 11.3. The highest BCUT2D eigenvalue weighted by Gasteiger charge is 2.14. The lowest BCUT2D eigenvalue weighted by atomic mass is 10.0. The smallest absolute Gasteiger partial charge is 0.130 e. The molecule has 0 fully saturated rings. The molecule has 19 heavy (non-hydrogen) atoms. The molecule has 100 valence electrons. The Kier molecular flexibility index (Phi) is 4.87. The van der Waals surface area contributed by atoms with Crippen LogP contribution < -0.4 is 5.73 Å². The van der Waals surface area contributed by atoms with Gasteiger partial charge in [-0.2, -0.15) is 5.10 Å². The van der Waals surface area contributed by atoms with Gasteiger partial charge in [0.1, 0.15) is 10.1 Å². The summed E-state index contributed by atoms with van der Waals surface area (Å²) < 4.78 is 0. The van der Waals surface area contributed by atoms with Crippen molar-refractivity contribution < 1.29 is 0 Å². The average Bonchev–Trinajstić information content (AvgIpc) is 2.47. The number of hydrogen-bond acceptors (Lipinski definition) is 5. The number of aromatic nitrogens is 3. The highest BCUT2D eigenvalue weighted by molar-refractivity contribution is 7.99. The van der Waals surface area contributed by atoms with Gasteiger partial charge in [0.05, 0.1) is 5.69 Å². The second-order valence-corrected chi connectivity index (χ2v) is 5.10. The lowest BCUT2D eigenvalue weighted by Crippen LogP contribution is -2.10. The Morgan fingerprint density at radius 2 is 1.95 bits per heavy atom. The molecule has 2 aromatic heterocycles. The van der Waals surface area contributed by atoms with Crippen LogP contribution in [0.3, 0.4) is 0 Å². The molecule has 0 aliphatic rings. The Hall–Kier alpha value is -1.46. The third-order valence-corrected chi connectivity index (χ3v) is 3.94. The summed E-state index contributed by atoms with van der Waals surface area (Å²) in [5.74, 6) is 0. The molecule has 4 nitrogen and oxygen atoms in total. The summed E-state index contributed by atoms with van der Waals surface area (Å²) >= 11 is 1.52. The van der Waals surface area contributed by atoms with Crippen LogP contribution in [0.5, 0.6) is 0 Å². The Balaban J connectivity index is 2.40. The largest absolute Gasteiger partial charge is 0.326 e. The SMILES string of the molecule is CCc1nnc(Sc2ccccn2)c(CN)c1CC. The van der Waals surface area contributed by atoms with E-state index >= 15 is 0 Å². The Morgan fingerprint density at radius 1 is 1.11 bits per heavy atom. The fourth-order valence-electron chi connectivity index (χ4n) is 2.03. The first-order valence-electron chi connectivity index (χ1n) is 6.46. The molecule has 5 heteroatoms. The van der Waals surface area contributed by atoms with Crippen molar-refractivity contribution in [3.8, 4) is 0 Å². The van der Waals surface area contributed by atoms with Crippen molar-refractivity contribution in [1.29, 1.82) is 0 Å². The first-order chi connectivity index (χ1) is 9.30. The number of rotatable bonds is 5. The summed E-state index contributed by atoms with van der Waals surface area (Å²) in [6.45, 7) is 4.71. The number of aryl methyl sites for hydroxylation is 1.